The van der Waals surface area contributed by atoms with Crippen molar-refractivity contribution in [1.29, 1.82) is 0 Å². The quantitative estimate of drug-likeness (QED) is 0.744. The molecule has 0 atom stereocenters. The van der Waals surface area contributed by atoms with Crippen molar-refractivity contribution < 1.29 is 9.53 Å². The maximum Gasteiger partial charge on any atom is 0.249 e. The van der Waals surface area contributed by atoms with Crippen LogP contribution < -0.4 is 10.6 Å². The first kappa shape index (κ1) is 18.3. The highest BCUT2D eigenvalue weighted by Gasteiger charge is 2.19. The molecule has 4 rings (SSSR count). The Bertz CT molecular complexity index is 975. The van der Waals surface area contributed by atoms with Gasteiger partial charge in [-0.2, -0.15) is 0 Å². The molecular formula is C24H24N2O2. The number of rotatable bonds is 4. The molecule has 2 N–H and O–H groups in total. The van der Waals surface area contributed by atoms with Crippen molar-refractivity contribution in [3.63, 3.8) is 0 Å². The van der Waals surface area contributed by atoms with Gasteiger partial charge in [0.05, 0.1) is 13.2 Å². The fourth-order valence-electron chi connectivity index (χ4n) is 3.85. The first-order chi connectivity index (χ1) is 13.6. The number of nitrogens with zero attached hydrogens (tertiary/aromatic N) is 1. The molecular weight excluding hydrogens is 348 g/mol. The van der Waals surface area contributed by atoms with Gasteiger partial charge in [-0.3, -0.25) is 4.79 Å². The average Bonchev–Trinajstić information content (AvgIpc) is 2.74. The van der Waals surface area contributed by atoms with E-state index in [4.69, 9.17) is 10.5 Å². The molecule has 1 aliphatic heterocycles. The van der Waals surface area contributed by atoms with E-state index < -0.39 is 5.91 Å². The Balaban J connectivity index is 1.84. The molecule has 0 spiro atoms. The standard InChI is InChI=1S/C24H24N2O2/c1-17-7-12-21(24(25)27)23(22(17)18-5-3-2-4-6-18)19-8-10-20(11-9-19)26-13-15-28-16-14-26/h2-12H,13-16H2,1H3,(H2,25,27). The van der Waals surface area contributed by atoms with Gasteiger partial charge in [0.1, 0.15) is 0 Å². The third-order valence-corrected chi connectivity index (χ3v) is 5.27. The molecule has 1 fully saturated rings. The Kier molecular flexibility index (Phi) is 5.13. The highest BCUT2D eigenvalue weighted by molar-refractivity contribution is 6.04. The van der Waals surface area contributed by atoms with E-state index in [0.717, 1.165) is 54.1 Å². The first-order valence-corrected chi connectivity index (χ1v) is 9.57. The smallest absolute Gasteiger partial charge is 0.249 e. The Labute approximate surface area is 165 Å². The summed E-state index contributed by atoms with van der Waals surface area (Å²) in [5.41, 5.74) is 12.6. The first-order valence-electron chi connectivity index (χ1n) is 9.57. The maximum atomic E-state index is 12.2. The number of amides is 1. The van der Waals surface area contributed by atoms with Crippen LogP contribution in [0.15, 0.2) is 66.7 Å². The van der Waals surface area contributed by atoms with Gasteiger partial charge in [0.2, 0.25) is 5.91 Å². The van der Waals surface area contributed by atoms with Crippen molar-refractivity contribution in [2.45, 2.75) is 6.92 Å². The molecule has 28 heavy (non-hydrogen) atoms. The van der Waals surface area contributed by atoms with Crippen LogP contribution in [0.4, 0.5) is 5.69 Å². The second kappa shape index (κ2) is 7.87. The zero-order valence-corrected chi connectivity index (χ0v) is 16.0. The summed E-state index contributed by atoms with van der Waals surface area (Å²) in [5.74, 6) is -0.413. The minimum absolute atomic E-state index is 0.413. The van der Waals surface area contributed by atoms with Gasteiger partial charge >= 0.3 is 0 Å². The summed E-state index contributed by atoms with van der Waals surface area (Å²) in [6, 6.07) is 22.3. The predicted molar refractivity (Wildman–Crippen MR) is 114 cm³/mol. The summed E-state index contributed by atoms with van der Waals surface area (Å²) >= 11 is 0. The Morgan fingerprint density at radius 3 is 2.14 bits per heavy atom. The van der Waals surface area contributed by atoms with Crippen molar-refractivity contribution in [3.05, 3.63) is 77.9 Å². The second-order valence-electron chi connectivity index (χ2n) is 7.06. The van der Waals surface area contributed by atoms with Crippen molar-refractivity contribution in [1.82, 2.24) is 0 Å². The van der Waals surface area contributed by atoms with E-state index in [0.29, 0.717) is 5.56 Å². The van der Waals surface area contributed by atoms with E-state index in [1.807, 2.05) is 30.3 Å². The Hall–Kier alpha value is -3.11. The van der Waals surface area contributed by atoms with Gasteiger partial charge in [0.25, 0.3) is 0 Å². The van der Waals surface area contributed by atoms with E-state index in [1.165, 1.54) is 5.69 Å². The van der Waals surface area contributed by atoms with Crippen LogP contribution >= 0.6 is 0 Å². The molecule has 0 saturated carbocycles. The van der Waals surface area contributed by atoms with Gasteiger partial charge in [-0.25, -0.2) is 0 Å². The van der Waals surface area contributed by atoms with Gasteiger partial charge in [-0.05, 0) is 47.4 Å². The minimum atomic E-state index is -0.413. The normalized spacial score (nSPS) is 14.1. The molecule has 0 radical (unpaired) electrons. The van der Waals surface area contributed by atoms with Crippen LogP contribution in [-0.2, 0) is 4.74 Å². The lowest BCUT2D eigenvalue weighted by molar-refractivity contribution is 0.100. The molecule has 1 amide bonds. The number of primary amides is 1. The number of carbonyl (C=O) groups is 1. The third-order valence-electron chi connectivity index (χ3n) is 5.27. The molecule has 4 heteroatoms. The number of aryl methyl sites for hydroxylation is 1. The van der Waals surface area contributed by atoms with E-state index in [9.17, 15) is 4.79 Å². The SMILES string of the molecule is Cc1ccc(C(N)=O)c(-c2ccc(N3CCOCC3)cc2)c1-c1ccccc1. The fourth-order valence-corrected chi connectivity index (χ4v) is 3.85. The largest absolute Gasteiger partial charge is 0.378 e. The van der Waals surface area contributed by atoms with Crippen molar-refractivity contribution in [2.24, 2.45) is 5.73 Å². The number of ether oxygens (including phenoxy) is 1. The number of morpholine rings is 1. The lowest BCUT2D eigenvalue weighted by atomic mass is 9.87. The van der Waals surface area contributed by atoms with E-state index in [1.54, 1.807) is 0 Å². The summed E-state index contributed by atoms with van der Waals surface area (Å²) in [4.78, 5) is 14.5. The fraction of sp³-hybridized carbons (Fsp3) is 0.208. The van der Waals surface area contributed by atoms with Crippen LogP contribution in [0.2, 0.25) is 0 Å². The molecule has 0 unspecified atom stereocenters. The third kappa shape index (κ3) is 3.51. The van der Waals surface area contributed by atoms with Crippen LogP contribution in [0, 0.1) is 6.92 Å². The predicted octanol–water partition coefficient (Wildman–Crippen LogP) is 4.26. The highest BCUT2D eigenvalue weighted by Crippen LogP contribution is 2.38. The number of nitrogens with two attached hydrogens (primary N) is 1. The van der Waals surface area contributed by atoms with E-state index in [2.05, 4.69) is 48.2 Å². The van der Waals surface area contributed by atoms with Crippen molar-refractivity contribution in [2.75, 3.05) is 31.2 Å². The number of hydrogen-bond donors (Lipinski definition) is 1. The van der Waals surface area contributed by atoms with Crippen LogP contribution in [-0.4, -0.2) is 32.2 Å². The lowest BCUT2D eigenvalue weighted by Gasteiger charge is -2.29. The minimum Gasteiger partial charge on any atom is -0.378 e. The number of anilines is 1. The average molecular weight is 372 g/mol. The van der Waals surface area contributed by atoms with Gasteiger partial charge < -0.3 is 15.4 Å². The molecule has 0 bridgehead atoms. The summed E-state index contributed by atoms with van der Waals surface area (Å²) in [5, 5.41) is 0. The Morgan fingerprint density at radius 1 is 0.857 bits per heavy atom. The lowest BCUT2D eigenvalue weighted by Crippen LogP contribution is -2.36. The van der Waals surface area contributed by atoms with Gasteiger partial charge in [0.15, 0.2) is 0 Å². The van der Waals surface area contributed by atoms with Gasteiger partial charge in [0, 0.05) is 29.9 Å². The number of carbonyl (C=O) groups excluding carboxylic acids is 1. The zero-order chi connectivity index (χ0) is 19.5. The van der Waals surface area contributed by atoms with Crippen molar-refractivity contribution in [3.8, 4) is 22.3 Å². The zero-order valence-electron chi connectivity index (χ0n) is 16.0. The topological polar surface area (TPSA) is 55.6 Å². The number of hydrogen-bond acceptors (Lipinski definition) is 3. The summed E-state index contributed by atoms with van der Waals surface area (Å²) in [6.45, 7) is 5.36. The van der Waals surface area contributed by atoms with Crippen LogP contribution in [0.25, 0.3) is 22.3 Å². The summed E-state index contributed by atoms with van der Waals surface area (Å²) in [6.07, 6.45) is 0. The van der Waals surface area contributed by atoms with E-state index >= 15 is 0 Å². The molecule has 3 aromatic carbocycles. The maximum absolute atomic E-state index is 12.2. The van der Waals surface area contributed by atoms with Crippen LogP contribution in [0.5, 0.6) is 0 Å². The molecule has 0 aromatic heterocycles. The molecule has 0 aliphatic carbocycles. The van der Waals surface area contributed by atoms with Crippen LogP contribution in [0.3, 0.4) is 0 Å². The molecule has 1 saturated heterocycles. The molecule has 1 aliphatic rings. The monoisotopic (exact) mass is 372 g/mol. The molecule has 4 nitrogen and oxygen atoms in total. The van der Waals surface area contributed by atoms with Crippen LogP contribution in [0.1, 0.15) is 15.9 Å². The summed E-state index contributed by atoms with van der Waals surface area (Å²) in [7, 11) is 0. The van der Waals surface area contributed by atoms with Gasteiger partial charge in [-0.1, -0.05) is 48.5 Å². The highest BCUT2D eigenvalue weighted by atomic mass is 16.5. The summed E-state index contributed by atoms with van der Waals surface area (Å²) < 4.78 is 5.44. The van der Waals surface area contributed by atoms with Gasteiger partial charge in [-0.15, -0.1) is 0 Å². The molecule has 3 aromatic rings. The molecule has 142 valence electrons. The Morgan fingerprint density at radius 2 is 1.50 bits per heavy atom. The molecule has 1 heterocycles. The van der Waals surface area contributed by atoms with E-state index in [-0.39, 0.29) is 0 Å². The second-order valence-corrected chi connectivity index (χ2v) is 7.06. The number of benzene rings is 3. The van der Waals surface area contributed by atoms with Crippen molar-refractivity contribution >= 4 is 11.6 Å².